The Balaban J connectivity index is 1.47. The third-order valence-electron chi connectivity index (χ3n) is 5.41. The smallest absolute Gasteiger partial charge is 0.260 e. The van der Waals surface area contributed by atoms with Crippen LogP contribution in [0.5, 0.6) is 11.5 Å². The van der Waals surface area contributed by atoms with Crippen LogP contribution in [0.1, 0.15) is 29.2 Å². The van der Waals surface area contributed by atoms with Gasteiger partial charge >= 0.3 is 0 Å². The molecule has 1 amide bonds. The second kappa shape index (κ2) is 11.2. The number of amides is 1. The molecule has 0 aromatic heterocycles. The van der Waals surface area contributed by atoms with Gasteiger partial charge in [-0.15, -0.1) is 0 Å². The predicted molar refractivity (Wildman–Crippen MR) is 148 cm³/mol. The molecule has 1 heterocycles. The van der Waals surface area contributed by atoms with Crippen molar-refractivity contribution in [3.8, 4) is 11.5 Å². The minimum Gasteiger partial charge on any atom is -0.493 e. The molecule has 0 radical (unpaired) electrons. The molecule has 0 bridgehead atoms. The van der Waals surface area contributed by atoms with E-state index in [9.17, 15) is 4.79 Å². The molecule has 1 aliphatic rings. The Bertz CT molecular complexity index is 1210. The van der Waals surface area contributed by atoms with Gasteiger partial charge in [-0.3, -0.25) is 4.79 Å². The number of carbonyl (C=O) groups excluding carboxylic acids is 1. The molecule has 176 valence electrons. The van der Waals surface area contributed by atoms with Gasteiger partial charge in [0.25, 0.3) is 5.91 Å². The topological polar surface area (TPSA) is 59.6 Å². The van der Waals surface area contributed by atoms with Gasteiger partial charge < -0.3 is 20.1 Å². The number of aryl methyl sites for hydroxylation is 2. The first kappa shape index (κ1) is 24.5. The molecule has 0 saturated carbocycles. The molecule has 7 heteroatoms. The number of methoxy groups -OCH3 is 1. The van der Waals surface area contributed by atoms with Crippen LogP contribution in [0.25, 0.3) is 6.08 Å². The number of rotatable bonds is 8. The first-order valence-electron chi connectivity index (χ1n) is 11.1. The van der Waals surface area contributed by atoms with Crippen LogP contribution in [0.3, 0.4) is 0 Å². The number of halogens is 1. The van der Waals surface area contributed by atoms with Crippen LogP contribution in [0.15, 0.2) is 65.6 Å². The molecule has 5 nitrogen and oxygen atoms in total. The van der Waals surface area contributed by atoms with Crippen LogP contribution in [0, 0.1) is 10.5 Å². The Morgan fingerprint density at radius 3 is 2.62 bits per heavy atom. The lowest BCUT2D eigenvalue weighted by Gasteiger charge is -2.14. The molecule has 3 aromatic carbocycles. The van der Waals surface area contributed by atoms with Crippen LogP contribution in [-0.4, -0.2) is 18.5 Å². The average molecular weight is 586 g/mol. The fourth-order valence-electron chi connectivity index (χ4n) is 3.63. The Kier molecular flexibility index (Phi) is 8.05. The molecule has 1 fully saturated rings. The molecule has 1 saturated heterocycles. The second-order valence-corrected chi connectivity index (χ2v) is 10.3. The van der Waals surface area contributed by atoms with E-state index in [0.717, 1.165) is 26.8 Å². The van der Waals surface area contributed by atoms with Crippen molar-refractivity contribution in [2.24, 2.45) is 0 Å². The van der Waals surface area contributed by atoms with Crippen molar-refractivity contribution in [3.63, 3.8) is 0 Å². The summed E-state index contributed by atoms with van der Waals surface area (Å²) < 4.78 is 12.6. The zero-order valence-corrected chi connectivity index (χ0v) is 22.3. The normalized spacial score (nSPS) is 16.4. The first-order valence-corrected chi connectivity index (χ1v) is 13.0. The van der Waals surface area contributed by atoms with Gasteiger partial charge in [0.2, 0.25) is 0 Å². The minimum atomic E-state index is -0.218. The molecule has 1 aliphatic heterocycles. The molecule has 0 spiro atoms. The summed E-state index contributed by atoms with van der Waals surface area (Å²) >= 11 is 3.71. The standard InChI is InChI=1S/C27H27IN2O3S/c1-4-18-8-10-21(11-9-18)29-27-30-26(31)24(34-27)15-20-13-22(28)25(23(14-20)32-3)33-16-19-7-5-6-17(2)12-19/h5-15,27,29H,4,16H2,1-3H3,(H,30,31)/b24-15-/t27-/m0/s1. The Morgan fingerprint density at radius 1 is 1.12 bits per heavy atom. The minimum absolute atomic E-state index is 0.0959. The summed E-state index contributed by atoms with van der Waals surface area (Å²) in [6.45, 7) is 4.65. The number of nitrogens with one attached hydrogen (secondary N) is 2. The van der Waals surface area contributed by atoms with Crippen LogP contribution in [0.4, 0.5) is 5.69 Å². The van der Waals surface area contributed by atoms with Crippen molar-refractivity contribution in [1.82, 2.24) is 5.32 Å². The Morgan fingerprint density at radius 2 is 1.91 bits per heavy atom. The zero-order valence-electron chi connectivity index (χ0n) is 19.4. The van der Waals surface area contributed by atoms with Crippen molar-refractivity contribution in [3.05, 3.63) is 91.4 Å². The fourth-order valence-corrected chi connectivity index (χ4v) is 5.39. The highest BCUT2D eigenvalue weighted by atomic mass is 127. The molecular formula is C27H27IN2O3S. The monoisotopic (exact) mass is 586 g/mol. The molecular weight excluding hydrogens is 559 g/mol. The van der Waals surface area contributed by atoms with Crippen LogP contribution < -0.4 is 20.1 Å². The van der Waals surface area contributed by atoms with Gasteiger partial charge in [0.05, 0.1) is 15.6 Å². The van der Waals surface area contributed by atoms with Gasteiger partial charge in [0.15, 0.2) is 17.0 Å². The summed E-state index contributed by atoms with van der Waals surface area (Å²) in [6, 6.07) is 20.4. The summed E-state index contributed by atoms with van der Waals surface area (Å²) in [5, 5.41) is 6.35. The highest BCUT2D eigenvalue weighted by Crippen LogP contribution is 2.37. The second-order valence-electron chi connectivity index (χ2n) is 7.99. The van der Waals surface area contributed by atoms with Crippen molar-refractivity contribution in [1.29, 1.82) is 0 Å². The maximum atomic E-state index is 12.6. The molecule has 2 N–H and O–H groups in total. The number of carbonyl (C=O) groups is 1. The van der Waals surface area contributed by atoms with E-state index in [1.54, 1.807) is 7.11 Å². The van der Waals surface area contributed by atoms with Gasteiger partial charge in [-0.1, -0.05) is 60.6 Å². The summed E-state index contributed by atoms with van der Waals surface area (Å²) in [4.78, 5) is 13.2. The fraction of sp³-hybridized carbons (Fsp3) is 0.222. The lowest BCUT2D eigenvalue weighted by atomic mass is 10.1. The van der Waals surface area contributed by atoms with Gasteiger partial charge in [0, 0.05) is 5.69 Å². The number of anilines is 1. The van der Waals surface area contributed by atoms with Gasteiger partial charge in [-0.05, 0) is 83.0 Å². The molecule has 1 atom stereocenters. The summed E-state index contributed by atoms with van der Waals surface area (Å²) in [6.07, 6.45) is 2.89. The molecule has 4 rings (SSSR count). The van der Waals surface area contributed by atoms with E-state index in [-0.39, 0.29) is 11.4 Å². The number of hydrogen-bond donors (Lipinski definition) is 2. The van der Waals surface area contributed by atoms with E-state index in [1.807, 2.05) is 42.5 Å². The number of ether oxygens (including phenoxy) is 2. The van der Waals surface area contributed by atoms with E-state index < -0.39 is 0 Å². The third kappa shape index (κ3) is 6.07. The van der Waals surface area contributed by atoms with E-state index in [1.165, 1.54) is 22.9 Å². The lowest BCUT2D eigenvalue weighted by Crippen LogP contribution is -2.30. The van der Waals surface area contributed by atoms with Crippen LogP contribution in [0.2, 0.25) is 0 Å². The van der Waals surface area contributed by atoms with Crippen LogP contribution in [-0.2, 0) is 17.8 Å². The van der Waals surface area contributed by atoms with Crippen molar-refractivity contribution in [2.45, 2.75) is 32.4 Å². The van der Waals surface area contributed by atoms with E-state index >= 15 is 0 Å². The van der Waals surface area contributed by atoms with E-state index in [2.05, 4.69) is 71.3 Å². The number of thioether (sulfide) groups is 1. The lowest BCUT2D eigenvalue weighted by molar-refractivity contribution is -0.116. The van der Waals surface area contributed by atoms with Crippen LogP contribution >= 0.6 is 34.4 Å². The largest absolute Gasteiger partial charge is 0.493 e. The molecule has 34 heavy (non-hydrogen) atoms. The van der Waals surface area contributed by atoms with Crippen molar-refractivity contribution >= 4 is 52.0 Å². The molecule has 0 aliphatic carbocycles. The summed E-state index contributed by atoms with van der Waals surface area (Å²) in [7, 11) is 1.63. The highest BCUT2D eigenvalue weighted by molar-refractivity contribution is 14.1. The quantitative estimate of drug-likeness (QED) is 0.238. The first-order chi connectivity index (χ1) is 16.4. The zero-order chi connectivity index (χ0) is 24.1. The predicted octanol–water partition coefficient (Wildman–Crippen LogP) is 6.35. The Labute approximate surface area is 218 Å². The van der Waals surface area contributed by atoms with E-state index in [4.69, 9.17) is 9.47 Å². The van der Waals surface area contributed by atoms with Crippen molar-refractivity contribution in [2.75, 3.05) is 12.4 Å². The maximum Gasteiger partial charge on any atom is 0.260 e. The van der Waals surface area contributed by atoms with Gasteiger partial charge in [-0.2, -0.15) is 0 Å². The Hall–Kier alpha value is -2.65. The summed E-state index contributed by atoms with van der Waals surface area (Å²) in [5.74, 6) is 1.24. The molecule has 0 unspecified atom stereocenters. The maximum absolute atomic E-state index is 12.6. The van der Waals surface area contributed by atoms with E-state index in [0.29, 0.717) is 23.0 Å². The summed E-state index contributed by atoms with van der Waals surface area (Å²) in [5.41, 5.74) is 5.22. The average Bonchev–Trinajstić information content (AvgIpc) is 3.16. The highest BCUT2D eigenvalue weighted by Gasteiger charge is 2.27. The number of hydrogen-bond acceptors (Lipinski definition) is 5. The molecule has 3 aromatic rings. The van der Waals surface area contributed by atoms with Crippen molar-refractivity contribution < 1.29 is 14.3 Å². The van der Waals surface area contributed by atoms with Gasteiger partial charge in [-0.25, -0.2) is 0 Å². The number of benzene rings is 3. The van der Waals surface area contributed by atoms with Gasteiger partial charge in [0.1, 0.15) is 6.61 Å². The SMILES string of the molecule is CCc1ccc(N[C@H]2NC(=O)/C(=C/c3cc(I)c(OCc4cccc(C)c4)c(OC)c3)S2)cc1. The third-order valence-corrected chi connectivity index (χ3v) is 7.24.